The van der Waals surface area contributed by atoms with E-state index in [0.717, 1.165) is 36.7 Å². The van der Waals surface area contributed by atoms with Gasteiger partial charge in [-0.3, -0.25) is 9.69 Å². The number of hydrogen-bond donors (Lipinski definition) is 1. The molecule has 0 radical (unpaired) electrons. The van der Waals surface area contributed by atoms with Crippen LogP contribution in [0.4, 0.5) is 11.4 Å². The molecule has 3 nitrogen and oxygen atoms in total. The van der Waals surface area contributed by atoms with Crippen molar-refractivity contribution in [3.8, 4) is 0 Å². The fourth-order valence-electron chi connectivity index (χ4n) is 4.56. The lowest BCUT2D eigenvalue weighted by atomic mass is 9.99. The van der Waals surface area contributed by atoms with Gasteiger partial charge in [0, 0.05) is 14.6 Å². The Morgan fingerprint density at radius 2 is 1.47 bits per heavy atom. The Hall–Kier alpha value is -3.38. The van der Waals surface area contributed by atoms with Gasteiger partial charge >= 0.3 is 0 Å². The summed E-state index contributed by atoms with van der Waals surface area (Å²) in [6.45, 7) is 0. The molecule has 0 aliphatic carbocycles. The van der Waals surface area contributed by atoms with Crippen LogP contribution in [0.3, 0.4) is 0 Å². The van der Waals surface area contributed by atoms with Gasteiger partial charge in [-0.2, -0.15) is 0 Å². The smallest absolute Gasteiger partial charge is 0.262 e. The number of carbonyl (C=O) groups excluding carboxylic acids is 1. The highest BCUT2D eigenvalue weighted by atomic mass is 127. The van der Waals surface area contributed by atoms with Crippen LogP contribution < -0.4 is 10.2 Å². The second kappa shape index (κ2) is 7.64. The normalized spacial score (nSPS) is 15.6. The zero-order chi connectivity index (χ0) is 21.7. The summed E-state index contributed by atoms with van der Waals surface area (Å²) in [5, 5.41) is 8.17. The molecule has 0 fully saturated rings. The van der Waals surface area contributed by atoms with Crippen LogP contribution in [-0.2, 0) is 0 Å². The maximum absolute atomic E-state index is 13.9. The third-order valence-corrected chi connectivity index (χ3v) is 6.77. The number of benzene rings is 5. The third kappa shape index (κ3) is 3.14. The van der Waals surface area contributed by atoms with E-state index in [9.17, 15) is 4.79 Å². The molecule has 6 rings (SSSR count). The van der Waals surface area contributed by atoms with Crippen molar-refractivity contribution in [1.29, 1.82) is 0 Å². The van der Waals surface area contributed by atoms with E-state index in [1.807, 2.05) is 59.5 Å². The summed E-state index contributed by atoms with van der Waals surface area (Å²) >= 11 is 2.26. The zero-order valence-corrected chi connectivity index (χ0v) is 19.3. The lowest BCUT2D eigenvalue weighted by Crippen LogP contribution is -2.43. The Morgan fingerprint density at radius 1 is 0.719 bits per heavy atom. The Bertz CT molecular complexity index is 1510. The number of nitrogens with zero attached hydrogens (tertiary/aromatic N) is 1. The third-order valence-electron chi connectivity index (χ3n) is 6.10. The summed E-state index contributed by atoms with van der Waals surface area (Å²) in [5.74, 6) is 0.00628. The minimum Gasteiger partial charge on any atom is -0.360 e. The standard InChI is InChI=1S/C28H19IN2O/c29-22-14-15-25-24(17-22)28(32)31(26-11-5-9-19-7-3-4-10-23(19)26)27(30-25)21-13-12-18-6-1-2-8-20(18)16-21/h1-17,27,30H. The molecule has 32 heavy (non-hydrogen) atoms. The van der Waals surface area contributed by atoms with Gasteiger partial charge in [-0.25, -0.2) is 0 Å². The maximum Gasteiger partial charge on any atom is 0.262 e. The van der Waals surface area contributed by atoms with E-state index in [-0.39, 0.29) is 12.1 Å². The molecule has 5 aromatic rings. The SMILES string of the molecule is O=C1c2cc(I)ccc2NC(c2ccc3ccccc3c2)N1c1cccc2ccccc12. The summed E-state index contributed by atoms with van der Waals surface area (Å²) in [6, 6.07) is 35.1. The van der Waals surface area contributed by atoms with Gasteiger partial charge in [-0.1, -0.05) is 72.8 Å². The van der Waals surface area contributed by atoms with E-state index in [4.69, 9.17) is 0 Å². The van der Waals surface area contributed by atoms with E-state index in [1.165, 1.54) is 5.39 Å². The number of anilines is 2. The number of halogens is 1. The number of nitrogens with one attached hydrogen (secondary N) is 1. The van der Waals surface area contributed by atoms with Crippen molar-refractivity contribution in [2.75, 3.05) is 10.2 Å². The fraction of sp³-hybridized carbons (Fsp3) is 0.0357. The van der Waals surface area contributed by atoms with Gasteiger partial charge in [0.05, 0.1) is 11.3 Å². The van der Waals surface area contributed by atoms with Crippen LogP contribution in [0.5, 0.6) is 0 Å². The molecular weight excluding hydrogens is 507 g/mol. The van der Waals surface area contributed by atoms with Crippen LogP contribution in [0.1, 0.15) is 22.1 Å². The molecule has 0 saturated heterocycles. The second-order valence-electron chi connectivity index (χ2n) is 8.02. The molecule has 1 aliphatic rings. The molecule has 0 bridgehead atoms. The van der Waals surface area contributed by atoms with Gasteiger partial charge in [0.1, 0.15) is 6.17 Å². The zero-order valence-electron chi connectivity index (χ0n) is 17.1. The van der Waals surface area contributed by atoms with Crippen LogP contribution >= 0.6 is 22.6 Å². The molecule has 1 N–H and O–H groups in total. The van der Waals surface area contributed by atoms with Crippen molar-refractivity contribution in [2.45, 2.75) is 6.17 Å². The van der Waals surface area contributed by atoms with Crippen molar-refractivity contribution in [3.63, 3.8) is 0 Å². The molecule has 4 heteroatoms. The molecule has 1 unspecified atom stereocenters. The molecule has 1 heterocycles. The highest BCUT2D eigenvalue weighted by molar-refractivity contribution is 14.1. The number of rotatable bonds is 2. The largest absolute Gasteiger partial charge is 0.360 e. The van der Waals surface area contributed by atoms with E-state index in [1.54, 1.807) is 0 Å². The topological polar surface area (TPSA) is 32.3 Å². The number of fused-ring (bicyclic) bond motifs is 3. The maximum atomic E-state index is 13.9. The first-order chi connectivity index (χ1) is 15.7. The molecule has 154 valence electrons. The lowest BCUT2D eigenvalue weighted by molar-refractivity contribution is 0.0975. The first kappa shape index (κ1) is 19.3. The summed E-state index contributed by atoms with van der Waals surface area (Å²) in [4.78, 5) is 15.9. The molecular formula is C28H19IN2O. The summed E-state index contributed by atoms with van der Waals surface area (Å²) < 4.78 is 1.04. The van der Waals surface area contributed by atoms with Crippen LogP contribution in [0.2, 0.25) is 0 Å². The molecule has 1 atom stereocenters. The summed E-state index contributed by atoms with van der Waals surface area (Å²) in [6.07, 6.45) is -0.314. The number of carbonyl (C=O) groups is 1. The van der Waals surface area contributed by atoms with Crippen LogP contribution in [-0.4, -0.2) is 5.91 Å². The molecule has 1 amide bonds. The summed E-state index contributed by atoms with van der Waals surface area (Å²) in [5.41, 5.74) is 3.52. The van der Waals surface area contributed by atoms with Gasteiger partial charge < -0.3 is 5.32 Å². The van der Waals surface area contributed by atoms with Gasteiger partial charge in [0.2, 0.25) is 0 Å². The second-order valence-corrected chi connectivity index (χ2v) is 9.26. The van der Waals surface area contributed by atoms with E-state index in [0.29, 0.717) is 5.56 Å². The minimum absolute atomic E-state index is 0.00628. The predicted molar refractivity (Wildman–Crippen MR) is 140 cm³/mol. The number of hydrogen-bond acceptors (Lipinski definition) is 2. The molecule has 1 aliphatic heterocycles. The van der Waals surface area contributed by atoms with Gasteiger partial charge in [0.25, 0.3) is 5.91 Å². The van der Waals surface area contributed by atoms with E-state index >= 15 is 0 Å². The van der Waals surface area contributed by atoms with Gasteiger partial charge in [-0.05, 0) is 74.6 Å². The first-order valence-corrected chi connectivity index (χ1v) is 11.6. The summed E-state index contributed by atoms with van der Waals surface area (Å²) in [7, 11) is 0. The average molecular weight is 526 g/mol. The fourth-order valence-corrected chi connectivity index (χ4v) is 5.05. The number of amides is 1. The average Bonchev–Trinajstić information content (AvgIpc) is 2.84. The Kier molecular flexibility index (Phi) is 4.61. The highest BCUT2D eigenvalue weighted by Gasteiger charge is 2.35. The first-order valence-electron chi connectivity index (χ1n) is 10.6. The van der Waals surface area contributed by atoms with Gasteiger partial charge in [-0.15, -0.1) is 0 Å². The molecule has 0 aromatic heterocycles. The Morgan fingerprint density at radius 3 is 2.34 bits per heavy atom. The molecule has 0 saturated carbocycles. The van der Waals surface area contributed by atoms with Crippen molar-refractivity contribution < 1.29 is 4.79 Å². The van der Waals surface area contributed by atoms with Crippen molar-refractivity contribution in [1.82, 2.24) is 0 Å². The quantitative estimate of drug-likeness (QED) is 0.244. The van der Waals surface area contributed by atoms with Crippen LogP contribution in [0, 0.1) is 3.57 Å². The Balaban J connectivity index is 1.59. The molecule has 0 spiro atoms. The highest BCUT2D eigenvalue weighted by Crippen LogP contribution is 2.40. The Labute approximate surface area is 199 Å². The minimum atomic E-state index is -0.314. The molecule has 5 aromatic carbocycles. The van der Waals surface area contributed by atoms with Crippen LogP contribution in [0.15, 0.2) is 103 Å². The van der Waals surface area contributed by atoms with Crippen LogP contribution in [0.25, 0.3) is 21.5 Å². The van der Waals surface area contributed by atoms with E-state index in [2.05, 4.69) is 76.4 Å². The van der Waals surface area contributed by atoms with Crippen molar-refractivity contribution >= 4 is 61.4 Å². The van der Waals surface area contributed by atoms with Crippen molar-refractivity contribution in [2.24, 2.45) is 0 Å². The van der Waals surface area contributed by atoms with E-state index < -0.39 is 0 Å². The van der Waals surface area contributed by atoms with Crippen molar-refractivity contribution in [3.05, 3.63) is 118 Å². The predicted octanol–water partition coefficient (Wildman–Crippen LogP) is 7.37. The monoisotopic (exact) mass is 526 g/mol. The van der Waals surface area contributed by atoms with Gasteiger partial charge in [0.15, 0.2) is 0 Å². The lowest BCUT2D eigenvalue weighted by Gasteiger charge is -2.39.